The van der Waals surface area contributed by atoms with Crippen LogP contribution < -0.4 is 0 Å². The molecule has 1 saturated carbocycles. The first-order valence-corrected chi connectivity index (χ1v) is 5.50. The van der Waals surface area contributed by atoms with Gasteiger partial charge >= 0.3 is 5.97 Å². The number of ether oxygens (including phenoxy) is 1. The molecule has 2 heteroatoms. The lowest BCUT2D eigenvalue weighted by molar-refractivity contribution is -0.158. The summed E-state index contributed by atoms with van der Waals surface area (Å²) in [6, 6.07) is 0. The van der Waals surface area contributed by atoms with E-state index in [0.717, 1.165) is 19.3 Å². The standard InChI is InChI=1S/C12H20O2/c1-4-8-12(14-11(13)5-2)9-6-7-10(12)3/h5,10H,2,4,6-9H2,1,3H3. The smallest absolute Gasteiger partial charge is 0.330 e. The van der Waals surface area contributed by atoms with Gasteiger partial charge in [0.25, 0.3) is 0 Å². The van der Waals surface area contributed by atoms with Gasteiger partial charge in [0, 0.05) is 6.08 Å². The van der Waals surface area contributed by atoms with Crippen molar-refractivity contribution in [2.75, 3.05) is 0 Å². The third-order valence-corrected chi connectivity index (χ3v) is 3.28. The Kier molecular flexibility index (Phi) is 3.73. The maximum atomic E-state index is 11.3. The fourth-order valence-electron chi connectivity index (χ4n) is 2.46. The predicted molar refractivity (Wildman–Crippen MR) is 56.9 cm³/mol. The van der Waals surface area contributed by atoms with Crippen LogP contribution in [0.4, 0.5) is 0 Å². The Bertz CT molecular complexity index is 222. The lowest BCUT2D eigenvalue weighted by atomic mass is 9.87. The Balaban J connectivity index is 2.70. The van der Waals surface area contributed by atoms with Gasteiger partial charge in [-0.2, -0.15) is 0 Å². The zero-order valence-corrected chi connectivity index (χ0v) is 9.21. The zero-order chi connectivity index (χ0) is 10.6. The molecule has 0 amide bonds. The van der Waals surface area contributed by atoms with Crippen molar-refractivity contribution in [2.24, 2.45) is 5.92 Å². The summed E-state index contributed by atoms with van der Waals surface area (Å²) in [7, 11) is 0. The van der Waals surface area contributed by atoms with E-state index in [-0.39, 0.29) is 11.6 Å². The molecule has 0 bridgehead atoms. The van der Waals surface area contributed by atoms with Gasteiger partial charge in [-0.15, -0.1) is 0 Å². The normalized spacial score (nSPS) is 31.4. The lowest BCUT2D eigenvalue weighted by Crippen LogP contribution is -2.37. The average Bonchev–Trinajstić information content (AvgIpc) is 2.49. The van der Waals surface area contributed by atoms with Crippen LogP contribution in [0.1, 0.15) is 46.0 Å². The number of hydrogen-bond donors (Lipinski definition) is 0. The van der Waals surface area contributed by atoms with Crippen LogP contribution in [0.15, 0.2) is 12.7 Å². The van der Waals surface area contributed by atoms with Gasteiger partial charge in [-0.05, 0) is 31.6 Å². The first-order chi connectivity index (χ1) is 6.64. The van der Waals surface area contributed by atoms with Crippen molar-refractivity contribution in [3.05, 3.63) is 12.7 Å². The third kappa shape index (κ3) is 2.17. The molecule has 0 heterocycles. The SMILES string of the molecule is C=CC(=O)OC1(CCC)CCCC1C. The average molecular weight is 196 g/mol. The number of rotatable bonds is 4. The molecule has 0 saturated heterocycles. The second kappa shape index (κ2) is 4.63. The summed E-state index contributed by atoms with van der Waals surface area (Å²) in [4.78, 5) is 11.3. The summed E-state index contributed by atoms with van der Waals surface area (Å²) in [5, 5.41) is 0. The highest BCUT2D eigenvalue weighted by atomic mass is 16.6. The minimum atomic E-state index is -0.271. The second-order valence-corrected chi connectivity index (χ2v) is 4.23. The Labute approximate surface area is 86.3 Å². The number of esters is 1. The van der Waals surface area contributed by atoms with E-state index < -0.39 is 0 Å². The Morgan fingerprint density at radius 3 is 2.86 bits per heavy atom. The molecule has 2 atom stereocenters. The molecule has 0 N–H and O–H groups in total. The Hall–Kier alpha value is -0.790. The zero-order valence-electron chi connectivity index (χ0n) is 9.21. The molecular formula is C12H20O2. The summed E-state index contributed by atoms with van der Waals surface area (Å²) in [6.45, 7) is 7.76. The van der Waals surface area contributed by atoms with Crippen molar-refractivity contribution in [3.8, 4) is 0 Å². The molecule has 2 nitrogen and oxygen atoms in total. The van der Waals surface area contributed by atoms with Crippen LogP contribution in [0.25, 0.3) is 0 Å². The minimum absolute atomic E-state index is 0.194. The molecule has 0 spiro atoms. The van der Waals surface area contributed by atoms with Crippen molar-refractivity contribution >= 4 is 5.97 Å². The van der Waals surface area contributed by atoms with Crippen LogP contribution in [-0.4, -0.2) is 11.6 Å². The highest BCUT2D eigenvalue weighted by Crippen LogP contribution is 2.41. The molecule has 80 valence electrons. The fourth-order valence-corrected chi connectivity index (χ4v) is 2.46. The van der Waals surface area contributed by atoms with Gasteiger partial charge in [-0.25, -0.2) is 4.79 Å². The van der Waals surface area contributed by atoms with Crippen LogP contribution >= 0.6 is 0 Å². The van der Waals surface area contributed by atoms with Crippen molar-refractivity contribution in [2.45, 2.75) is 51.6 Å². The van der Waals surface area contributed by atoms with E-state index in [1.165, 1.54) is 18.9 Å². The first-order valence-electron chi connectivity index (χ1n) is 5.50. The molecule has 1 rings (SSSR count). The lowest BCUT2D eigenvalue weighted by Gasteiger charge is -2.32. The third-order valence-electron chi connectivity index (χ3n) is 3.28. The van der Waals surface area contributed by atoms with Crippen molar-refractivity contribution in [1.82, 2.24) is 0 Å². The van der Waals surface area contributed by atoms with Crippen LogP contribution in [0.3, 0.4) is 0 Å². The molecule has 0 aliphatic heterocycles. The maximum absolute atomic E-state index is 11.3. The van der Waals surface area contributed by atoms with E-state index in [4.69, 9.17) is 4.74 Å². The van der Waals surface area contributed by atoms with Gasteiger partial charge in [-0.1, -0.05) is 26.8 Å². The topological polar surface area (TPSA) is 26.3 Å². The molecule has 0 aromatic heterocycles. The molecule has 1 fully saturated rings. The monoisotopic (exact) mass is 196 g/mol. The Morgan fingerprint density at radius 2 is 2.43 bits per heavy atom. The van der Waals surface area contributed by atoms with Crippen LogP contribution in [0, 0.1) is 5.92 Å². The Morgan fingerprint density at radius 1 is 1.71 bits per heavy atom. The summed E-state index contributed by atoms with van der Waals surface area (Å²) >= 11 is 0. The molecule has 0 radical (unpaired) electrons. The van der Waals surface area contributed by atoms with Crippen molar-refractivity contribution < 1.29 is 9.53 Å². The van der Waals surface area contributed by atoms with Gasteiger partial charge in [0.2, 0.25) is 0 Å². The summed E-state index contributed by atoms with van der Waals surface area (Å²) in [6.07, 6.45) is 6.67. The summed E-state index contributed by atoms with van der Waals surface area (Å²) in [5.74, 6) is 0.221. The maximum Gasteiger partial charge on any atom is 0.330 e. The van der Waals surface area contributed by atoms with Gasteiger partial charge in [-0.3, -0.25) is 0 Å². The molecule has 0 aromatic rings. The van der Waals surface area contributed by atoms with E-state index in [1.54, 1.807) is 0 Å². The van der Waals surface area contributed by atoms with E-state index in [9.17, 15) is 4.79 Å². The van der Waals surface area contributed by atoms with E-state index >= 15 is 0 Å². The van der Waals surface area contributed by atoms with E-state index in [0.29, 0.717) is 5.92 Å². The van der Waals surface area contributed by atoms with Crippen LogP contribution in [0.5, 0.6) is 0 Å². The van der Waals surface area contributed by atoms with Crippen molar-refractivity contribution in [3.63, 3.8) is 0 Å². The predicted octanol–water partition coefficient (Wildman–Crippen LogP) is 3.07. The number of carbonyl (C=O) groups excluding carboxylic acids is 1. The van der Waals surface area contributed by atoms with Gasteiger partial charge in [0.1, 0.15) is 5.60 Å². The molecule has 2 unspecified atom stereocenters. The van der Waals surface area contributed by atoms with Gasteiger partial charge in [0.15, 0.2) is 0 Å². The molecule has 0 aromatic carbocycles. The largest absolute Gasteiger partial charge is 0.456 e. The summed E-state index contributed by atoms with van der Waals surface area (Å²) < 4.78 is 5.54. The first kappa shape index (κ1) is 11.3. The van der Waals surface area contributed by atoms with Crippen LogP contribution in [-0.2, 0) is 9.53 Å². The number of hydrogen-bond acceptors (Lipinski definition) is 2. The quantitative estimate of drug-likeness (QED) is 0.510. The van der Waals surface area contributed by atoms with Gasteiger partial charge < -0.3 is 4.74 Å². The molecule has 1 aliphatic rings. The molecular weight excluding hydrogens is 176 g/mol. The minimum Gasteiger partial charge on any atom is -0.456 e. The second-order valence-electron chi connectivity index (χ2n) is 4.23. The molecule has 1 aliphatic carbocycles. The fraction of sp³-hybridized carbons (Fsp3) is 0.750. The van der Waals surface area contributed by atoms with Crippen LogP contribution in [0.2, 0.25) is 0 Å². The highest BCUT2D eigenvalue weighted by Gasteiger charge is 2.42. The van der Waals surface area contributed by atoms with Crippen molar-refractivity contribution in [1.29, 1.82) is 0 Å². The molecule has 14 heavy (non-hydrogen) atoms. The number of carbonyl (C=O) groups is 1. The summed E-state index contributed by atoms with van der Waals surface area (Å²) in [5.41, 5.74) is -0.194. The van der Waals surface area contributed by atoms with E-state index in [2.05, 4.69) is 20.4 Å². The highest BCUT2D eigenvalue weighted by molar-refractivity contribution is 5.81. The van der Waals surface area contributed by atoms with E-state index in [1.807, 2.05) is 0 Å². The van der Waals surface area contributed by atoms with Gasteiger partial charge in [0.05, 0.1) is 0 Å².